The molecule has 144 valence electrons. The molecular weight excluding hydrogens is 350 g/mol. The van der Waals surface area contributed by atoms with Gasteiger partial charge in [-0.25, -0.2) is 4.99 Å². The molecule has 0 aliphatic carbocycles. The van der Waals surface area contributed by atoms with Crippen molar-refractivity contribution < 1.29 is 9.53 Å². The van der Waals surface area contributed by atoms with Crippen LogP contribution in [-0.4, -0.2) is 18.7 Å². The lowest BCUT2D eigenvalue weighted by Crippen LogP contribution is -2.19. The van der Waals surface area contributed by atoms with Gasteiger partial charge in [-0.3, -0.25) is 4.79 Å². The SMILES string of the molecule is C=N/C(=C\C=C(/C)c1cccc2c1N[C@H](C)CC(=O)N2)OCc1ccccc1. The number of para-hydroxylation sites is 1. The molecule has 28 heavy (non-hydrogen) atoms. The lowest BCUT2D eigenvalue weighted by molar-refractivity contribution is -0.116. The Balaban J connectivity index is 1.80. The number of amides is 1. The van der Waals surface area contributed by atoms with Gasteiger partial charge in [0.05, 0.1) is 11.4 Å². The van der Waals surface area contributed by atoms with E-state index in [1.165, 1.54) is 0 Å². The van der Waals surface area contributed by atoms with Crippen molar-refractivity contribution in [3.8, 4) is 0 Å². The summed E-state index contributed by atoms with van der Waals surface area (Å²) in [4.78, 5) is 15.9. The highest BCUT2D eigenvalue weighted by molar-refractivity contribution is 5.99. The van der Waals surface area contributed by atoms with Gasteiger partial charge < -0.3 is 15.4 Å². The van der Waals surface area contributed by atoms with Crippen LogP contribution in [0.15, 0.2) is 71.6 Å². The van der Waals surface area contributed by atoms with Crippen LogP contribution in [0.3, 0.4) is 0 Å². The van der Waals surface area contributed by atoms with Crippen LogP contribution in [0.2, 0.25) is 0 Å². The molecule has 1 aliphatic heterocycles. The minimum absolute atomic E-state index is 0.0184. The summed E-state index contributed by atoms with van der Waals surface area (Å²) in [7, 11) is 0. The first-order chi connectivity index (χ1) is 13.6. The van der Waals surface area contributed by atoms with E-state index in [1.807, 2.05) is 74.5 Å². The van der Waals surface area contributed by atoms with Crippen LogP contribution in [0, 0.1) is 0 Å². The summed E-state index contributed by atoms with van der Waals surface area (Å²) in [6.07, 6.45) is 4.20. The van der Waals surface area contributed by atoms with Crippen LogP contribution >= 0.6 is 0 Å². The molecule has 0 radical (unpaired) electrons. The Labute approximate surface area is 165 Å². The van der Waals surface area contributed by atoms with Gasteiger partial charge in [0.2, 0.25) is 11.8 Å². The van der Waals surface area contributed by atoms with E-state index in [-0.39, 0.29) is 11.9 Å². The van der Waals surface area contributed by atoms with E-state index in [0.717, 1.165) is 28.1 Å². The number of fused-ring (bicyclic) bond motifs is 1. The van der Waals surface area contributed by atoms with Crippen molar-refractivity contribution in [1.82, 2.24) is 0 Å². The van der Waals surface area contributed by atoms with Gasteiger partial charge in [0.1, 0.15) is 6.61 Å². The zero-order valence-corrected chi connectivity index (χ0v) is 16.2. The predicted molar refractivity (Wildman–Crippen MR) is 115 cm³/mol. The van der Waals surface area contributed by atoms with Crippen molar-refractivity contribution >= 4 is 29.6 Å². The minimum atomic E-state index is 0.0184. The molecule has 1 atom stereocenters. The number of nitrogens with zero attached hydrogens (tertiary/aromatic N) is 1. The molecular formula is C23H25N3O2. The van der Waals surface area contributed by atoms with Crippen molar-refractivity contribution in [2.75, 3.05) is 10.6 Å². The van der Waals surface area contributed by atoms with Gasteiger partial charge in [-0.05, 0) is 37.8 Å². The Bertz CT molecular complexity index is 917. The molecule has 5 heteroatoms. The van der Waals surface area contributed by atoms with Crippen LogP contribution in [0.5, 0.6) is 0 Å². The number of rotatable bonds is 6. The molecule has 5 nitrogen and oxygen atoms in total. The number of allylic oxidation sites excluding steroid dienone is 3. The third kappa shape index (κ3) is 4.88. The molecule has 2 aromatic rings. The maximum absolute atomic E-state index is 12.0. The van der Waals surface area contributed by atoms with Crippen molar-refractivity contribution in [2.45, 2.75) is 32.9 Å². The Morgan fingerprint density at radius 3 is 2.75 bits per heavy atom. The summed E-state index contributed by atoms with van der Waals surface area (Å²) in [5.41, 5.74) is 4.85. The number of carbonyl (C=O) groups excluding carboxylic acids is 1. The minimum Gasteiger partial charge on any atom is -0.473 e. The lowest BCUT2D eigenvalue weighted by atomic mass is 10.0. The zero-order valence-electron chi connectivity index (χ0n) is 16.2. The van der Waals surface area contributed by atoms with E-state index in [2.05, 4.69) is 22.3 Å². The molecule has 3 rings (SSSR count). The smallest absolute Gasteiger partial charge is 0.226 e. The Kier molecular flexibility index (Phi) is 6.27. The Morgan fingerprint density at radius 2 is 2.00 bits per heavy atom. The summed E-state index contributed by atoms with van der Waals surface area (Å²) >= 11 is 0. The van der Waals surface area contributed by atoms with Crippen molar-refractivity contribution in [1.29, 1.82) is 0 Å². The van der Waals surface area contributed by atoms with Gasteiger partial charge >= 0.3 is 0 Å². The summed E-state index contributed by atoms with van der Waals surface area (Å²) in [5.74, 6) is 0.477. The normalized spacial score (nSPS) is 17.1. The lowest BCUT2D eigenvalue weighted by Gasteiger charge is -2.16. The number of hydrogen-bond acceptors (Lipinski definition) is 4. The molecule has 0 spiro atoms. The monoisotopic (exact) mass is 375 g/mol. The third-order valence-electron chi connectivity index (χ3n) is 4.51. The van der Waals surface area contributed by atoms with Crippen LogP contribution in [0.4, 0.5) is 11.4 Å². The second-order valence-electron chi connectivity index (χ2n) is 6.81. The highest BCUT2D eigenvalue weighted by atomic mass is 16.5. The number of nitrogens with one attached hydrogen (secondary N) is 2. The maximum Gasteiger partial charge on any atom is 0.226 e. The maximum atomic E-state index is 12.0. The van der Waals surface area contributed by atoms with Crippen molar-refractivity contribution in [3.63, 3.8) is 0 Å². The summed E-state index contributed by atoms with van der Waals surface area (Å²) in [5, 5.41) is 6.40. The average molecular weight is 375 g/mol. The number of hydrogen-bond donors (Lipinski definition) is 2. The fourth-order valence-electron chi connectivity index (χ4n) is 3.08. The van der Waals surface area contributed by atoms with Gasteiger partial charge in [-0.15, -0.1) is 0 Å². The van der Waals surface area contributed by atoms with Gasteiger partial charge in [-0.1, -0.05) is 48.5 Å². The van der Waals surface area contributed by atoms with E-state index in [0.29, 0.717) is 18.9 Å². The second-order valence-corrected chi connectivity index (χ2v) is 6.81. The van der Waals surface area contributed by atoms with E-state index in [4.69, 9.17) is 4.74 Å². The van der Waals surface area contributed by atoms with Crippen LogP contribution in [0.25, 0.3) is 5.57 Å². The first-order valence-electron chi connectivity index (χ1n) is 9.28. The van der Waals surface area contributed by atoms with E-state index >= 15 is 0 Å². The Hall–Kier alpha value is -3.34. The van der Waals surface area contributed by atoms with E-state index in [1.54, 1.807) is 0 Å². The third-order valence-corrected chi connectivity index (χ3v) is 4.51. The molecule has 0 bridgehead atoms. The standard InChI is InChI=1S/C23H25N3O2/c1-16(12-13-22(24-3)28-15-18-8-5-4-6-9-18)19-10-7-11-20-23(19)25-17(2)14-21(27)26-20/h4-13,17,25H,3,14-15H2,1-2H3,(H,26,27)/b16-12+,22-13+/t17-/m1/s1. The van der Waals surface area contributed by atoms with Crippen molar-refractivity contribution in [2.24, 2.45) is 4.99 Å². The fraction of sp³-hybridized carbons (Fsp3) is 0.217. The molecule has 2 aromatic carbocycles. The average Bonchev–Trinajstić information content (AvgIpc) is 2.84. The zero-order chi connectivity index (χ0) is 19.9. The first kappa shape index (κ1) is 19.4. The van der Waals surface area contributed by atoms with Crippen LogP contribution in [-0.2, 0) is 16.1 Å². The molecule has 1 amide bonds. The van der Waals surface area contributed by atoms with Gasteiger partial charge in [0, 0.05) is 24.1 Å². The van der Waals surface area contributed by atoms with Gasteiger partial charge in [0.25, 0.3) is 0 Å². The summed E-state index contributed by atoms with van der Waals surface area (Å²) in [6.45, 7) is 8.05. The van der Waals surface area contributed by atoms with Crippen molar-refractivity contribution in [3.05, 3.63) is 77.7 Å². The summed E-state index contributed by atoms with van der Waals surface area (Å²) < 4.78 is 5.74. The Morgan fingerprint density at radius 1 is 1.21 bits per heavy atom. The molecule has 0 saturated carbocycles. The molecule has 0 unspecified atom stereocenters. The molecule has 2 N–H and O–H groups in total. The first-order valence-corrected chi connectivity index (χ1v) is 9.28. The van der Waals surface area contributed by atoms with Crippen LogP contribution in [0.1, 0.15) is 31.4 Å². The largest absolute Gasteiger partial charge is 0.473 e. The number of ether oxygens (including phenoxy) is 1. The molecule has 0 fully saturated rings. The van der Waals surface area contributed by atoms with Gasteiger partial charge in [-0.2, -0.15) is 0 Å². The highest BCUT2D eigenvalue weighted by Gasteiger charge is 2.19. The molecule has 0 saturated heterocycles. The highest BCUT2D eigenvalue weighted by Crippen LogP contribution is 2.34. The van der Waals surface area contributed by atoms with Crippen LogP contribution < -0.4 is 10.6 Å². The topological polar surface area (TPSA) is 62.7 Å². The number of carbonyl (C=O) groups is 1. The second kappa shape index (κ2) is 9.04. The van der Waals surface area contributed by atoms with E-state index in [9.17, 15) is 4.79 Å². The quantitative estimate of drug-likeness (QED) is 0.425. The van der Waals surface area contributed by atoms with Gasteiger partial charge in [0.15, 0.2) is 0 Å². The molecule has 1 aliphatic rings. The summed E-state index contributed by atoms with van der Waals surface area (Å²) in [6, 6.07) is 15.9. The molecule has 0 aromatic heterocycles. The number of anilines is 2. The van der Waals surface area contributed by atoms with E-state index < -0.39 is 0 Å². The predicted octanol–water partition coefficient (Wildman–Crippen LogP) is 4.99. The molecule has 1 heterocycles. The fourth-order valence-corrected chi connectivity index (χ4v) is 3.08. The number of aliphatic imine (C=N–C) groups is 1. The number of benzene rings is 2.